The van der Waals surface area contributed by atoms with E-state index in [1.165, 1.54) is 42.5 Å². The second kappa shape index (κ2) is 9.91. The van der Waals surface area contributed by atoms with Crippen LogP contribution in [0.3, 0.4) is 0 Å². The summed E-state index contributed by atoms with van der Waals surface area (Å²) in [5, 5.41) is 13.4. The molecular weight excluding hydrogens is 475 g/mol. The van der Waals surface area contributed by atoms with E-state index >= 15 is 0 Å². The Morgan fingerprint density at radius 1 is 0.971 bits per heavy atom. The van der Waals surface area contributed by atoms with Gasteiger partial charge >= 0.3 is 0 Å². The fraction of sp³-hybridized carbons (Fsp3) is 0.0400. The van der Waals surface area contributed by atoms with Crippen molar-refractivity contribution in [1.82, 2.24) is 4.98 Å². The van der Waals surface area contributed by atoms with Gasteiger partial charge < -0.3 is 5.32 Å². The Labute approximate surface area is 201 Å². The van der Waals surface area contributed by atoms with Crippen molar-refractivity contribution in [2.75, 3.05) is 10.0 Å². The Hall–Kier alpha value is -3.93. The van der Waals surface area contributed by atoms with E-state index in [1.54, 1.807) is 30.3 Å². The first-order chi connectivity index (χ1) is 16.4. The monoisotopic (exact) mass is 492 g/mol. The number of aromatic nitrogens is 1. The van der Waals surface area contributed by atoms with Gasteiger partial charge in [0.05, 0.1) is 21.8 Å². The molecule has 0 atom stereocenters. The maximum Gasteiger partial charge on any atom is 0.261 e. The first-order valence-electron chi connectivity index (χ1n) is 10.1. The standard InChI is InChI=1S/C25H18ClFN4O2S/c26-20-10-6-17(7-11-20)16-29-25-19(15-28)14-23(24(30-25)18-8-12-21(27)13-9-18)31-34(32,33)22-4-2-1-3-5-22/h1-14,31H,16H2,(H,29,30). The second-order valence-corrected chi connectivity index (χ2v) is 9.42. The molecule has 0 aliphatic heterocycles. The molecule has 9 heteroatoms. The maximum atomic E-state index is 13.5. The Bertz CT molecular complexity index is 1450. The summed E-state index contributed by atoms with van der Waals surface area (Å²) in [5.41, 5.74) is 1.88. The van der Waals surface area contributed by atoms with Gasteiger partial charge in [0.2, 0.25) is 0 Å². The van der Waals surface area contributed by atoms with Gasteiger partial charge in [-0.25, -0.2) is 17.8 Å². The minimum atomic E-state index is -3.96. The molecule has 6 nitrogen and oxygen atoms in total. The first-order valence-corrected chi connectivity index (χ1v) is 12.0. The van der Waals surface area contributed by atoms with Gasteiger partial charge in [0, 0.05) is 17.1 Å². The Morgan fingerprint density at radius 2 is 1.65 bits per heavy atom. The van der Waals surface area contributed by atoms with Gasteiger partial charge in [0.15, 0.2) is 0 Å². The van der Waals surface area contributed by atoms with Crippen LogP contribution in [0, 0.1) is 17.1 Å². The molecule has 2 N–H and O–H groups in total. The summed E-state index contributed by atoms with van der Waals surface area (Å²) in [6.45, 7) is 0.358. The van der Waals surface area contributed by atoms with Crippen LogP contribution in [-0.2, 0) is 16.6 Å². The van der Waals surface area contributed by atoms with E-state index in [-0.39, 0.29) is 27.7 Å². The molecule has 3 aromatic carbocycles. The van der Waals surface area contributed by atoms with Crippen molar-refractivity contribution in [2.45, 2.75) is 11.4 Å². The SMILES string of the molecule is N#Cc1cc(NS(=O)(=O)c2ccccc2)c(-c2ccc(F)cc2)nc1NCc1ccc(Cl)cc1. The lowest BCUT2D eigenvalue weighted by atomic mass is 10.1. The van der Waals surface area contributed by atoms with E-state index in [1.807, 2.05) is 12.1 Å². The van der Waals surface area contributed by atoms with E-state index in [0.29, 0.717) is 17.1 Å². The number of pyridine rings is 1. The molecule has 0 aliphatic carbocycles. The van der Waals surface area contributed by atoms with Crippen LogP contribution in [-0.4, -0.2) is 13.4 Å². The number of nitrogens with one attached hydrogen (secondary N) is 2. The number of anilines is 2. The highest BCUT2D eigenvalue weighted by molar-refractivity contribution is 7.92. The Kier molecular flexibility index (Phi) is 6.77. The lowest BCUT2D eigenvalue weighted by Gasteiger charge is -2.16. The third-order valence-electron chi connectivity index (χ3n) is 4.93. The molecule has 1 aromatic heterocycles. The van der Waals surface area contributed by atoms with Gasteiger partial charge in [0.1, 0.15) is 17.7 Å². The van der Waals surface area contributed by atoms with Crippen molar-refractivity contribution in [3.63, 3.8) is 0 Å². The van der Waals surface area contributed by atoms with Gasteiger partial charge in [-0.15, -0.1) is 0 Å². The maximum absolute atomic E-state index is 13.5. The highest BCUT2D eigenvalue weighted by Gasteiger charge is 2.20. The molecule has 0 radical (unpaired) electrons. The quantitative estimate of drug-likeness (QED) is 0.338. The molecule has 0 bridgehead atoms. The number of halogens is 2. The van der Waals surface area contributed by atoms with Gasteiger partial charge in [-0.1, -0.05) is 41.9 Å². The number of nitrogens with zero attached hydrogens (tertiary/aromatic N) is 2. The molecule has 0 unspecified atom stereocenters. The summed E-state index contributed by atoms with van der Waals surface area (Å²) in [6.07, 6.45) is 0. The van der Waals surface area contributed by atoms with Gasteiger partial charge in [-0.3, -0.25) is 4.72 Å². The summed E-state index contributed by atoms with van der Waals surface area (Å²) in [4.78, 5) is 4.60. The molecule has 0 saturated carbocycles. The molecule has 0 spiro atoms. The molecule has 0 saturated heterocycles. The van der Waals surface area contributed by atoms with Gasteiger partial charge in [-0.05, 0) is 60.2 Å². The van der Waals surface area contributed by atoms with Crippen molar-refractivity contribution >= 4 is 33.1 Å². The lowest BCUT2D eigenvalue weighted by molar-refractivity contribution is 0.601. The molecule has 170 valence electrons. The molecule has 4 aromatic rings. The predicted octanol–water partition coefficient (Wildman–Crippen LogP) is 5.83. The normalized spacial score (nSPS) is 11.0. The molecule has 0 amide bonds. The molecule has 34 heavy (non-hydrogen) atoms. The zero-order valence-corrected chi connectivity index (χ0v) is 19.2. The lowest BCUT2D eigenvalue weighted by Crippen LogP contribution is -2.15. The van der Waals surface area contributed by atoms with Crippen molar-refractivity contribution in [3.05, 3.63) is 107 Å². The van der Waals surface area contributed by atoms with Crippen molar-refractivity contribution in [1.29, 1.82) is 5.26 Å². The van der Waals surface area contributed by atoms with E-state index in [4.69, 9.17) is 11.6 Å². The number of rotatable bonds is 7. The van der Waals surface area contributed by atoms with Gasteiger partial charge in [0.25, 0.3) is 10.0 Å². The third-order valence-corrected chi connectivity index (χ3v) is 6.57. The predicted molar refractivity (Wildman–Crippen MR) is 130 cm³/mol. The Morgan fingerprint density at radius 3 is 2.29 bits per heavy atom. The van der Waals surface area contributed by atoms with E-state index < -0.39 is 15.8 Å². The fourth-order valence-corrected chi connectivity index (χ4v) is 4.43. The van der Waals surface area contributed by atoms with E-state index in [0.717, 1.165) is 5.56 Å². The second-order valence-electron chi connectivity index (χ2n) is 7.30. The smallest absolute Gasteiger partial charge is 0.261 e. The Balaban J connectivity index is 1.76. The highest BCUT2D eigenvalue weighted by atomic mass is 35.5. The molecule has 1 heterocycles. The van der Waals surface area contributed by atoms with Crippen LogP contribution in [0.4, 0.5) is 15.9 Å². The average molecular weight is 493 g/mol. The van der Waals surface area contributed by atoms with Crippen molar-refractivity contribution in [2.24, 2.45) is 0 Å². The van der Waals surface area contributed by atoms with Crippen LogP contribution in [0.15, 0.2) is 89.8 Å². The topological polar surface area (TPSA) is 94.9 Å². The van der Waals surface area contributed by atoms with Crippen LogP contribution < -0.4 is 10.0 Å². The molecule has 0 fully saturated rings. The molecule has 0 aliphatic rings. The van der Waals surface area contributed by atoms with Crippen LogP contribution in [0.2, 0.25) is 5.02 Å². The summed E-state index contributed by atoms with van der Waals surface area (Å²) < 4.78 is 42.0. The van der Waals surface area contributed by atoms with E-state index in [2.05, 4.69) is 21.1 Å². The number of sulfonamides is 1. The molecule has 4 rings (SSSR count). The van der Waals surface area contributed by atoms with Crippen LogP contribution in [0.25, 0.3) is 11.3 Å². The number of hydrogen-bond donors (Lipinski definition) is 2. The zero-order valence-electron chi connectivity index (χ0n) is 17.7. The number of nitriles is 1. The molecular formula is C25H18ClFN4O2S. The van der Waals surface area contributed by atoms with Crippen molar-refractivity contribution < 1.29 is 12.8 Å². The summed E-state index contributed by atoms with van der Waals surface area (Å²) >= 11 is 5.93. The average Bonchev–Trinajstić information content (AvgIpc) is 2.85. The summed E-state index contributed by atoms with van der Waals surface area (Å²) in [5.74, 6) is -0.177. The highest BCUT2D eigenvalue weighted by Crippen LogP contribution is 2.32. The third kappa shape index (κ3) is 5.34. The minimum absolute atomic E-state index is 0.0588. The van der Waals surface area contributed by atoms with Crippen LogP contribution >= 0.6 is 11.6 Å². The number of benzene rings is 3. The minimum Gasteiger partial charge on any atom is -0.365 e. The van der Waals surface area contributed by atoms with Crippen LogP contribution in [0.1, 0.15) is 11.1 Å². The zero-order chi connectivity index (χ0) is 24.1. The van der Waals surface area contributed by atoms with Crippen LogP contribution in [0.5, 0.6) is 0 Å². The van der Waals surface area contributed by atoms with E-state index in [9.17, 15) is 18.1 Å². The summed E-state index contributed by atoms with van der Waals surface area (Å²) in [7, 11) is -3.96. The fourth-order valence-electron chi connectivity index (χ4n) is 3.23. The van der Waals surface area contributed by atoms with Gasteiger partial charge in [-0.2, -0.15) is 5.26 Å². The summed E-state index contributed by atoms with van der Waals surface area (Å²) in [6, 6.07) is 24.0. The first kappa shape index (κ1) is 23.2. The van der Waals surface area contributed by atoms with Crippen molar-refractivity contribution in [3.8, 4) is 17.3 Å². The largest absolute Gasteiger partial charge is 0.365 e. The number of hydrogen-bond acceptors (Lipinski definition) is 5.